The predicted octanol–water partition coefficient (Wildman–Crippen LogP) is -0.887. The first-order chi connectivity index (χ1) is 4.91. The van der Waals surface area contributed by atoms with Gasteiger partial charge in [-0.3, -0.25) is 9.98 Å². The van der Waals surface area contributed by atoms with Crippen molar-refractivity contribution in [1.29, 1.82) is 0 Å². The van der Waals surface area contributed by atoms with Gasteiger partial charge in [0.1, 0.15) is 0 Å². The summed E-state index contributed by atoms with van der Waals surface area (Å²) in [6, 6.07) is 0. The third-order valence-electron chi connectivity index (χ3n) is 0.780. The van der Waals surface area contributed by atoms with Gasteiger partial charge in [0.25, 0.3) is 0 Å². The SMILES string of the molecule is OC/C=N/CC/N=C/CO. The van der Waals surface area contributed by atoms with Gasteiger partial charge in [-0.25, -0.2) is 0 Å². The molecule has 0 aromatic carbocycles. The Kier molecular flexibility index (Phi) is 7.65. The van der Waals surface area contributed by atoms with Gasteiger partial charge in [-0.05, 0) is 0 Å². The van der Waals surface area contributed by atoms with E-state index in [1.165, 1.54) is 12.4 Å². The summed E-state index contributed by atoms with van der Waals surface area (Å²) in [4.78, 5) is 7.58. The van der Waals surface area contributed by atoms with Gasteiger partial charge in [0, 0.05) is 12.4 Å². The molecule has 2 N–H and O–H groups in total. The number of nitrogens with zero attached hydrogens (tertiary/aromatic N) is 2. The van der Waals surface area contributed by atoms with Gasteiger partial charge in [-0.15, -0.1) is 0 Å². The van der Waals surface area contributed by atoms with E-state index < -0.39 is 0 Å². The van der Waals surface area contributed by atoms with Crippen LogP contribution in [0.25, 0.3) is 0 Å². The van der Waals surface area contributed by atoms with E-state index >= 15 is 0 Å². The quantitative estimate of drug-likeness (QED) is 0.388. The molecule has 0 fully saturated rings. The molecule has 0 radical (unpaired) electrons. The molecule has 0 saturated heterocycles. The fourth-order valence-electron chi connectivity index (χ4n) is 0.414. The zero-order valence-electron chi connectivity index (χ0n) is 5.77. The second kappa shape index (κ2) is 8.26. The molecule has 0 aliphatic heterocycles. The smallest absolute Gasteiger partial charge is 0.0779 e. The molecule has 0 saturated carbocycles. The molecule has 0 spiro atoms. The number of hydrogen-bond donors (Lipinski definition) is 2. The van der Waals surface area contributed by atoms with E-state index in [0.29, 0.717) is 13.1 Å². The van der Waals surface area contributed by atoms with Crippen molar-refractivity contribution in [3.8, 4) is 0 Å². The Hall–Kier alpha value is -0.740. The minimum absolute atomic E-state index is 0.0241. The molecular weight excluding hydrogens is 132 g/mol. The van der Waals surface area contributed by atoms with Crippen molar-refractivity contribution >= 4 is 12.4 Å². The summed E-state index contributed by atoms with van der Waals surface area (Å²) >= 11 is 0. The Labute approximate surface area is 59.9 Å². The highest BCUT2D eigenvalue weighted by atomic mass is 16.3. The van der Waals surface area contributed by atoms with Gasteiger partial charge in [0.05, 0.1) is 26.3 Å². The Morgan fingerprint density at radius 3 is 1.60 bits per heavy atom. The lowest BCUT2D eigenvalue weighted by atomic mass is 10.6. The molecule has 0 atom stereocenters. The lowest BCUT2D eigenvalue weighted by Crippen LogP contribution is -1.91. The maximum absolute atomic E-state index is 8.24. The van der Waals surface area contributed by atoms with Gasteiger partial charge < -0.3 is 10.2 Å². The first-order valence-electron chi connectivity index (χ1n) is 3.10. The van der Waals surface area contributed by atoms with Gasteiger partial charge in [-0.1, -0.05) is 0 Å². The Bertz CT molecular complexity index is 98.3. The fourth-order valence-corrected chi connectivity index (χ4v) is 0.414. The summed E-state index contributed by atoms with van der Waals surface area (Å²) in [7, 11) is 0. The number of aliphatic imine (C=N–C) groups is 2. The number of rotatable bonds is 5. The van der Waals surface area contributed by atoms with Gasteiger partial charge >= 0.3 is 0 Å². The molecular formula is C6H12N2O2. The summed E-state index contributed by atoms with van der Waals surface area (Å²) in [6.07, 6.45) is 2.85. The highest BCUT2D eigenvalue weighted by Gasteiger charge is 1.75. The molecule has 0 aromatic rings. The Balaban J connectivity index is 3.04. The van der Waals surface area contributed by atoms with Crippen LogP contribution >= 0.6 is 0 Å². The Morgan fingerprint density at radius 2 is 1.30 bits per heavy atom. The summed E-state index contributed by atoms with van der Waals surface area (Å²) < 4.78 is 0. The zero-order valence-corrected chi connectivity index (χ0v) is 5.77. The first kappa shape index (κ1) is 9.26. The van der Waals surface area contributed by atoms with Crippen LogP contribution in [0.2, 0.25) is 0 Å². The molecule has 0 amide bonds. The van der Waals surface area contributed by atoms with Crippen LogP contribution in [0.4, 0.5) is 0 Å². The van der Waals surface area contributed by atoms with E-state index in [4.69, 9.17) is 10.2 Å². The molecule has 0 bridgehead atoms. The largest absolute Gasteiger partial charge is 0.391 e. The predicted molar refractivity (Wildman–Crippen MR) is 40.9 cm³/mol. The van der Waals surface area contributed by atoms with E-state index in [-0.39, 0.29) is 13.2 Å². The van der Waals surface area contributed by atoms with Crippen LogP contribution in [0.5, 0.6) is 0 Å². The summed E-state index contributed by atoms with van der Waals surface area (Å²) in [5.41, 5.74) is 0. The van der Waals surface area contributed by atoms with Crippen molar-refractivity contribution in [2.24, 2.45) is 9.98 Å². The van der Waals surface area contributed by atoms with E-state index in [0.717, 1.165) is 0 Å². The fraction of sp³-hybridized carbons (Fsp3) is 0.667. The van der Waals surface area contributed by atoms with Crippen LogP contribution in [-0.4, -0.2) is 48.9 Å². The molecule has 4 nitrogen and oxygen atoms in total. The average Bonchev–Trinajstić information content (AvgIpc) is 1.97. The maximum Gasteiger partial charge on any atom is 0.0779 e. The van der Waals surface area contributed by atoms with Crippen LogP contribution in [-0.2, 0) is 0 Å². The molecule has 4 heteroatoms. The summed E-state index contributed by atoms with van der Waals surface area (Å²) in [5, 5.41) is 16.5. The number of hydrogen-bond acceptors (Lipinski definition) is 4. The van der Waals surface area contributed by atoms with Crippen LogP contribution in [0, 0.1) is 0 Å². The number of aliphatic hydroxyl groups excluding tert-OH is 2. The molecule has 10 heavy (non-hydrogen) atoms. The Morgan fingerprint density at radius 1 is 0.900 bits per heavy atom. The highest BCUT2D eigenvalue weighted by Crippen LogP contribution is 1.70. The van der Waals surface area contributed by atoms with E-state index in [9.17, 15) is 0 Å². The molecule has 0 aromatic heterocycles. The molecule has 0 unspecified atom stereocenters. The lowest BCUT2D eigenvalue weighted by Gasteiger charge is -1.85. The molecule has 0 aliphatic rings. The molecule has 0 heterocycles. The lowest BCUT2D eigenvalue weighted by molar-refractivity contribution is 0.360. The van der Waals surface area contributed by atoms with Gasteiger partial charge in [-0.2, -0.15) is 0 Å². The first-order valence-corrected chi connectivity index (χ1v) is 3.10. The summed E-state index contributed by atoms with van der Waals surface area (Å²) in [6.45, 7) is 1.08. The van der Waals surface area contributed by atoms with Gasteiger partial charge in [0.15, 0.2) is 0 Å². The highest BCUT2D eigenvalue weighted by molar-refractivity contribution is 5.58. The van der Waals surface area contributed by atoms with Crippen molar-refractivity contribution in [2.75, 3.05) is 26.3 Å². The third kappa shape index (κ3) is 7.26. The normalized spacial score (nSPS) is 11.8. The standard InChI is InChI=1S/C6H12N2O2/c9-5-3-7-1-2-8-4-6-10/h3-4,9-10H,1-2,5-6H2/b7-3+,8-4+. The minimum atomic E-state index is -0.0241. The second-order valence-electron chi connectivity index (χ2n) is 1.54. The average molecular weight is 144 g/mol. The maximum atomic E-state index is 8.24. The topological polar surface area (TPSA) is 65.2 Å². The van der Waals surface area contributed by atoms with E-state index in [2.05, 4.69) is 9.98 Å². The van der Waals surface area contributed by atoms with Crippen LogP contribution < -0.4 is 0 Å². The second-order valence-corrected chi connectivity index (χ2v) is 1.54. The van der Waals surface area contributed by atoms with Crippen molar-refractivity contribution < 1.29 is 10.2 Å². The van der Waals surface area contributed by atoms with Crippen molar-refractivity contribution in [1.82, 2.24) is 0 Å². The van der Waals surface area contributed by atoms with Crippen molar-refractivity contribution in [3.63, 3.8) is 0 Å². The van der Waals surface area contributed by atoms with Crippen LogP contribution in [0.15, 0.2) is 9.98 Å². The monoisotopic (exact) mass is 144 g/mol. The molecule has 0 rings (SSSR count). The summed E-state index contributed by atoms with van der Waals surface area (Å²) in [5.74, 6) is 0. The van der Waals surface area contributed by atoms with Crippen LogP contribution in [0.1, 0.15) is 0 Å². The van der Waals surface area contributed by atoms with E-state index in [1.54, 1.807) is 0 Å². The third-order valence-corrected chi connectivity index (χ3v) is 0.780. The van der Waals surface area contributed by atoms with Gasteiger partial charge in [0.2, 0.25) is 0 Å². The number of aliphatic hydroxyl groups is 2. The zero-order chi connectivity index (χ0) is 7.66. The van der Waals surface area contributed by atoms with Crippen molar-refractivity contribution in [3.05, 3.63) is 0 Å². The molecule has 58 valence electrons. The van der Waals surface area contributed by atoms with Crippen molar-refractivity contribution in [2.45, 2.75) is 0 Å². The minimum Gasteiger partial charge on any atom is -0.391 e. The van der Waals surface area contributed by atoms with Crippen LogP contribution in [0.3, 0.4) is 0 Å². The van der Waals surface area contributed by atoms with E-state index in [1.807, 2.05) is 0 Å². The molecule has 0 aliphatic carbocycles.